The minimum atomic E-state index is -0.118. The van der Waals surface area contributed by atoms with Crippen LogP contribution >= 0.6 is 15.9 Å². The zero-order valence-electron chi connectivity index (χ0n) is 9.91. The van der Waals surface area contributed by atoms with Crippen molar-refractivity contribution in [1.29, 1.82) is 0 Å². The summed E-state index contributed by atoms with van der Waals surface area (Å²) in [5.41, 5.74) is -0.118. The molecule has 17 heavy (non-hydrogen) atoms. The predicted molar refractivity (Wildman–Crippen MR) is 70.2 cm³/mol. The summed E-state index contributed by atoms with van der Waals surface area (Å²) in [6, 6.07) is 3.92. The Morgan fingerprint density at radius 2 is 2.24 bits per heavy atom. The first-order chi connectivity index (χ1) is 8.24. The third-order valence-electron chi connectivity index (χ3n) is 3.16. The highest BCUT2D eigenvalue weighted by atomic mass is 79.9. The van der Waals surface area contributed by atoms with Gasteiger partial charge in [0, 0.05) is 50.4 Å². The van der Waals surface area contributed by atoms with E-state index >= 15 is 0 Å². The van der Waals surface area contributed by atoms with E-state index in [-0.39, 0.29) is 5.60 Å². The Labute approximate surface area is 110 Å². The highest BCUT2D eigenvalue weighted by Gasteiger charge is 2.32. The van der Waals surface area contributed by atoms with Crippen LogP contribution in [0.3, 0.4) is 0 Å². The van der Waals surface area contributed by atoms with Gasteiger partial charge in [-0.3, -0.25) is 0 Å². The molecule has 0 aliphatic carbocycles. The summed E-state index contributed by atoms with van der Waals surface area (Å²) < 4.78 is 12.0. The Bertz CT molecular complexity index is 350. The number of ether oxygens (including phenoxy) is 2. The van der Waals surface area contributed by atoms with Gasteiger partial charge in [-0.2, -0.15) is 0 Å². The van der Waals surface area contributed by atoms with Crippen LogP contribution in [0.1, 0.15) is 12.8 Å². The number of methoxy groups -OCH3 is 1. The van der Waals surface area contributed by atoms with Gasteiger partial charge < -0.3 is 14.8 Å². The van der Waals surface area contributed by atoms with Gasteiger partial charge in [0.2, 0.25) is 0 Å². The minimum absolute atomic E-state index is 0.118. The number of hydrogen-bond acceptors (Lipinski definition) is 4. The van der Waals surface area contributed by atoms with Crippen molar-refractivity contribution in [1.82, 2.24) is 4.98 Å². The lowest BCUT2D eigenvalue weighted by Gasteiger charge is -2.36. The monoisotopic (exact) mass is 300 g/mol. The standard InChI is InChI=1S/C12H17BrN2O2/c1-16-12(4-6-17-7-5-12)9-15-11-3-2-10(13)8-14-11/h2-3,8H,4-7,9H2,1H3,(H,14,15). The molecule has 0 atom stereocenters. The van der Waals surface area contributed by atoms with E-state index in [9.17, 15) is 0 Å². The maximum Gasteiger partial charge on any atom is 0.126 e. The van der Waals surface area contributed by atoms with Crippen LogP contribution < -0.4 is 5.32 Å². The molecule has 0 spiro atoms. The first-order valence-corrected chi connectivity index (χ1v) is 6.52. The molecule has 1 aliphatic heterocycles. The average Bonchev–Trinajstić information content (AvgIpc) is 2.39. The molecular formula is C12H17BrN2O2. The number of rotatable bonds is 4. The van der Waals surface area contributed by atoms with E-state index in [2.05, 4.69) is 26.2 Å². The number of nitrogens with one attached hydrogen (secondary N) is 1. The van der Waals surface area contributed by atoms with E-state index < -0.39 is 0 Å². The van der Waals surface area contributed by atoms with Gasteiger partial charge >= 0.3 is 0 Å². The Hall–Kier alpha value is -0.650. The van der Waals surface area contributed by atoms with Gasteiger partial charge in [-0.05, 0) is 28.1 Å². The molecule has 0 bridgehead atoms. The normalized spacial score (nSPS) is 18.9. The van der Waals surface area contributed by atoms with Gasteiger partial charge in [0.05, 0.1) is 5.60 Å². The zero-order chi connectivity index (χ0) is 12.1. The molecule has 4 nitrogen and oxygen atoms in total. The van der Waals surface area contributed by atoms with E-state index in [0.717, 1.165) is 42.9 Å². The lowest BCUT2D eigenvalue weighted by Crippen LogP contribution is -2.44. The Kier molecular flexibility index (Phi) is 4.36. The second kappa shape index (κ2) is 5.80. The van der Waals surface area contributed by atoms with E-state index in [0.29, 0.717) is 0 Å². The molecule has 0 radical (unpaired) electrons. The smallest absolute Gasteiger partial charge is 0.126 e. The topological polar surface area (TPSA) is 43.4 Å². The molecule has 1 aliphatic rings. The van der Waals surface area contributed by atoms with Crippen LogP contribution in [0.4, 0.5) is 5.82 Å². The molecule has 1 aromatic heterocycles. The highest BCUT2D eigenvalue weighted by Crippen LogP contribution is 2.24. The van der Waals surface area contributed by atoms with E-state index in [4.69, 9.17) is 9.47 Å². The van der Waals surface area contributed by atoms with Crippen LogP contribution in [-0.4, -0.2) is 37.5 Å². The summed E-state index contributed by atoms with van der Waals surface area (Å²) in [6.45, 7) is 2.30. The van der Waals surface area contributed by atoms with Crippen molar-refractivity contribution in [3.63, 3.8) is 0 Å². The second-order valence-electron chi connectivity index (χ2n) is 4.21. The molecule has 5 heteroatoms. The van der Waals surface area contributed by atoms with Crippen LogP contribution in [0, 0.1) is 0 Å². The Morgan fingerprint density at radius 3 is 2.82 bits per heavy atom. The van der Waals surface area contributed by atoms with Crippen molar-refractivity contribution in [2.75, 3.05) is 32.2 Å². The van der Waals surface area contributed by atoms with Gasteiger partial charge in [0.25, 0.3) is 0 Å². The van der Waals surface area contributed by atoms with Gasteiger partial charge in [-0.25, -0.2) is 4.98 Å². The van der Waals surface area contributed by atoms with Crippen molar-refractivity contribution in [2.45, 2.75) is 18.4 Å². The fourth-order valence-electron chi connectivity index (χ4n) is 1.93. The van der Waals surface area contributed by atoms with Crippen LogP contribution in [0.2, 0.25) is 0 Å². The molecule has 2 heterocycles. The third kappa shape index (κ3) is 3.40. The molecular weight excluding hydrogens is 284 g/mol. The average molecular weight is 301 g/mol. The van der Waals surface area contributed by atoms with Crippen LogP contribution in [0.25, 0.3) is 0 Å². The number of anilines is 1. The third-order valence-corrected chi connectivity index (χ3v) is 3.63. The predicted octanol–water partition coefficient (Wildman–Crippen LogP) is 2.45. The summed E-state index contributed by atoms with van der Waals surface area (Å²) in [6.07, 6.45) is 3.63. The molecule has 1 aromatic rings. The SMILES string of the molecule is COC1(CNc2ccc(Br)cn2)CCOCC1. The maximum atomic E-state index is 5.64. The van der Waals surface area contributed by atoms with Gasteiger partial charge in [-0.1, -0.05) is 0 Å². The Morgan fingerprint density at radius 1 is 1.47 bits per heavy atom. The molecule has 0 unspecified atom stereocenters. The number of nitrogens with zero attached hydrogens (tertiary/aromatic N) is 1. The summed E-state index contributed by atoms with van der Waals surface area (Å²) in [5, 5.41) is 3.32. The van der Waals surface area contributed by atoms with Gasteiger partial charge in [-0.15, -0.1) is 0 Å². The van der Waals surface area contributed by atoms with Crippen molar-refractivity contribution < 1.29 is 9.47 Å². The summed E-state index contributed by atoms with van der Waals surface area (Å²) in [4.78, 5) is 4.28. The maximum absolute atomic E-state index is 5.64. The molecule has 2 rings (SSSR count). The summed E-state index contributed by atoms with van der Waals surface area (Å²) in [7, 11) is 1.77. The summed E-state index contributed by atoms with van der Waals surface area (Å²) >= 11 is 3.37. The molecule has 1 saturated heterocycles. The minimum Gasteiger partial charge on any atom is -0.381 e. The van der Waals surface area contributed by atoms with Crippen LogP contribution in [0.15, 0.2) is 22.8 Å². The molecule has 0 saturated carbocycles. The molecule has 0 amide bonds. The van der Waals surface area contributed by atoms with Crippen LogP contribution in [0.5, 0.6) is 0 Å². The fourth-order valence-corrected chi connectivity index (χ4v) is 2.16. The largest absolute Gasteiger partial charge is 0.381 e. The van der Waals surface area contributed by atoms with Gasteiger partial charge in [0.15, 0.2) is 0 Å². The number of pyridine rings is 1. The van der Waals surface area contributed by atoms with Crippen molar-refractivity contribution in [3.05, 3.63) is 22.8 Å². The molecule has 1 N–H and O–H groups in total. The highest BCUT2D eigenvalue weighted by molar-refractivity contribution is 9.10. The first kappa shape index (κ1) is 12.8. The number of halogens is 1. The molecule has 94 valence electrons. The second-order valence-corrected chi connectivity index (χ2v) is 5.13. The van der Waals surface area contributed by atoms with Crippen LogP contribution in [-0.2, 0) is 9.47 Å². The quantitative estimate of drug-likeness (QED) is 0.927. The molecule has 0 aromatic carbocycles. The molecule has 1 fully saturated rings. The van der Waals surface area contributed by atoms with E-state index in [1.54, 1.807) is 13.3 Å². The van der Waals surface area contributed by atoms with Crippen molar-refractivity contribution in [3.8, 4) is 0 Å². The lowest BCUT2D eigenvalue weighted by atomic mass is 9.94. The lowest BCUT2D eigenvalue weighted by molar-refractivity contribution is -0.0807. The van der Waals surface area contributed by atoms with E-state index in [1.807, 2.05) is 12.1 Å². The van der Waals surface area contributed by atoms with E-state index in [1.165, 1.54) is 0 Å². The summed E-state index contributed by atoms with van der Waals surface area (Å²) in [5.74, 6) is 0.871. The van der Waals surface area contributed by atoms with Gasteiger partial charge in [0.1, 0.15) is 5.82 Å². The van der Waals surface area contributed by atoms with Crippen molar-refractivity contribution in [2.24, 2.45) is 0 Å². The number of hydrogen-bond donors (Lipinski definition) is 1. The zero-order valence-corrected chi connectivity index (χ0v) is 11.5. The first-order valence-electron chi connectivity index (χ1n) is 5.72. The number of aromatic nitrogens is 1. The fraction of sp³-hybridized carbons (Fsp3) is 0.583. The Balaban J connectivity index is 1.93. The van der Waals surface area contributed by atoms with Crippen molar-refractivity contribution >= 4 is 21.7 Å².